The third-order valence-electron chi connectivity index (χ3n) is 8.55. The Kier molecular flexibility index (Phi) is 7.04. The molecule has 2 aromatic rings. The van der Waals surface area contributed by atoms with E-state index in [4.69, 9.17) is 9.47 Å². The number of carbonyl (C=O) groups is 1. The van der Waals surface area contributed by atoms with Crippen molar-refractivity contribution in [3.05, 3.63) is 40.4 Å². The highest BCUT2D eigenvalue weighted by Crippen LogP contribution is 2.43. The molecule has 1 aromatic carbocycles. The summed E-state index contributed by atoms with van der Waals surface area (Å²) in [6.45, 7) is 4.13. The Morgan fingerprint density at radius 1 is 1.00 bits per heavy atom. The molecule has 0 spiro atoms. The third-order valence-corrected chi connectivity index (χ3v) is 8.55. The number of anilines is 2. The quantitative estimate of drug-likeness (QED) is 0.438. The van der Waals surface area contributed by atoms with Crippen molar-refractivity contribution in [2.75, 3.05) is 38.1 Å². The van der Waals surface area contributed by atoms with E-state index in [1.54, 1.807) is 9.47 Å². The second-order valence-electron chi connectivity index (χ2n) is 10.9. The van der Waals surface area contributed by atoms with Gasteiger partial charge < -0.3 is 25.0 Å². The first-order valence-corrected chi connectivity index (χ1v) is 14.0. The van der Waals surface area contributed by atoms with Gasteiger partial charge in [-0.05, 0) is 87.6 Å². The number of hydrogen-bond acceptors (Lipinski definition) is 7. The first-order chi connectivity index (χ1) is 18.1. The third kappa shape index (κ3) is 5.32. The number of benzene rings is 1. The van der Waals surface area contributed by atoms with E-state index in [9.17, 15) is 9.59 Å². The zero-order valence-electron chi connectivity index (χ0n) is 21.4. The van der Waals surface area contributed by atoms with Crippen molar-refractivity contribution >= 4 is 17.6 Å². The molecule has 3 aliphatic heterocycles. The lowest BCUT2D eigenvalue weighted by Gasteiger charge is -2.31. The Morgan fingerprint density at radius 2 is 1.84 bits per heavy atom. The molecule has 1 saturated carbocycles. The number of unbranched alkanes of at least 4 members (excludes halogenated alkanes) is 1. The van der Waals surface area contributed by atoms with Gasteiger partial charge in [-0.2, -0.15) is 4.98 Å². The summed E-state index contributed by atoms with van der Waals surface area (Å²) in [5.41, 5.74) is 1.98. The van der Waals surface area contributed by atoms with Crippen molar-refractivity contribution in [2.45, 2.75) is 69.7 Å². The van der Waals surface area contributed by atoms with Crippen molar-refractivity contribution < 1.29 is 14.3 Å². The Morgan fingerprint density at radius 3 is 2.62 bits per heavy atom. The topological polar surface area (TPSA) is 97.7 Å². The molecule has 0 atom stereocenters. The maximum absolute atomic E-state index is 13.0. The summed E-state index contributed by atoms with van der Waals surface area (Å²) in [5, 5.41) is 6.77. The molecule has 9 heteroatoms. The number of piperidine rings is 1. The fourth-order valence-electron chi connectivity index (χ4n) is 6.34. The monoisotopic (exact) mass is 507 g/mol. The summed E-state index contributed by atoms with van der Waals surface area (Å²) in [7, 11) is 0. The normalized spacial score (nSPS) is 23.6. The molecule has 198 valence electrons. The van der Waals surface area contributed by atoms with Gasteiger partial charge in [0.2, 0.25) is 0 Å². The molecule has 4 aliphatic rings. The predicted octanol–water partition coefficient (Wildman–Crippen LogP) is 4.91. The summed E-state index contributed by atoms with van der Waals surface area (Å²) in [6, 6.07) is 6.52. The SMILES string of the molecule is O=C1OCCN1CCCCC1CCC(n2cc3c(nc2=O)Nc2cc(C4CCNCC4)ccc2O3)CC1. The van der Waals surface area contributed by atoms with Gasteiger partial charge in [0.1, 0.15) is 6.61 Å². The summed E-state index contributed by atoms with van der Waals surface area (Å²) in [4.78, 5) is 30.7. The Hall–Kier alpha value is -3.07. The van der Waals surface area contributed by atoms with Gasteiger partial charge in [0.25, 0.3) is 0 Å². The minimum absolute atomic E-state index is 0.160. The number of fused-ring (bicyclic) bond motifs is 2. The number of cyclic esters (lactones) is 1. The molecular weight excluding hydrogens is 470 g/mol. The van der Waals surface area contributed by atoms with E-state index in [1.165, 1.54) is 12.0 Å². The molecule has 6 rings (SSSR count). The minimum atomic E-state index is -0.214. The molecule has 9 nitrogen and oxygen atoms in total. The van der Waals surface area contributed by atoms with Gasteiger partial charge in [-0.15, -0.1) is 0 Å². The number of rotatable bonds is 7. The van der Waals surface area contributed by atoms with Gasteiger partial charge in [-0.3, -0.25) is 4.57 Å². The maximum atomic E-state index is 13.0. The highest BCUT2D eigenvalue weighted by atomic mass is 16.6. The lowest BCUT2D eigenvalue weighted by Crippen LogP contribution is -2.30. The molecule has 1 amide bonds. The number of aromatic nitrogens is 2. The van der Waals surface area contributed by atoms with E-state index in [0.29, 0.717) is 30.0 Å². The zero-order valence-corrected chi connectivity index (χ0v) is 21.4. The summed E-state index contributed by atoms with van der Waals surface area (Å²) >= 11 is 0. The first kappa shape index (κ1) is 24.3. The number of nitrogens with zero attached hydrogens (tertiary/aromatic N) is 3. The van der Waals surface area contributed by atoms with Crippen molar-refractivity contribution in [1.82, 2.24) is 19.8 Å². The number of hydrogen-bond donors (Lipinski definition) is 2. The van der Waals surface area contributed by atoms with E-state index in [-0.39, 0.29) is 17.8 Å². The Bertz CT molecular complexity index is 1180. The Balaban J connectivity index is 1.04. The lowest BCUT2D eigenvalue weighted by molar-refractivity contribution is 0.157. The molecule has 2 saturated heterocycles. The van der Waals surface area contributed by atoms with Crippen LogP contribution in [0, 0.1) is 5.92 Å². The van der Waals surface area contributed by atoms with E-state index < -0.39 is 0 Å². The van der Waals surface area contributed by atoms with Crippen LogP contribution < -0.4 is 21.1 Å². The molecule has 37 heavy (non-hydrogen) atoms. The summed E-state index contributed by atoms with van der Waals surface area (Å²) < 4.78 is 13.0. The van der Waals surface area contributed by atoms with Gasteiger partial charge in [-0.1, -0.05) is 18.9 Å². The van der Waals surface area contributed by atoms with Gasteiger partial charge in [-0.25, -0.2) is 9.59 Å². The largest absolute Gasteiger partial charge is 0.450 e. The number of nitrogens with one attached hydrogen (secondary N) is 2. The molecule has 1 aromatic heterocycles. The number of ether oxygens (including phenoxy) is 2. The molecule has 0 unspecified atom stereocenters. The van der Waals surface area contributed by atoms with Crippen LogP contribution in [0.1, 0.15) is 75.3 Å². The highest BCUT2D eigenvalue weighted by molar-refractivity contribution is 5.73. The van der Waals surface area contributed by atoms with E-state index in [0.717, 1.165) is 89.0 Å². The summed E-state index contributed by atoms with van der Waals surface area (Å²) in [5.74, 6) is 3.14. The smallest absolute Gasteiger partial charge is 0.409 e. The maximum Gasteiger partial charge on any atom is 0.409 e. The van der Waals surface area contributed by atoms with Crippen molar-refractivity contribution in [1.29, 1.82) is 0 Å². The second-order valence-corrected chi connectivity index (χ2v) is 10.9. The number of amides is 1. The van der Waals surface area contributed by atoms with E-state index in [2.05, 4.69) is 27.8 Å². The molecule has 4 heterocycles. The first-order valence-electron chi connectivity index (χ1n) is 14.0. The van der Waals surface area contributed by atoms with Crippen molar-refractivity contribution in [3.63, 3.8) is 0 Å². The standard InChI is InChI=1S/C28H37N5O4/c34-27-31-26-25(37-24-9-6-21(17-23(24)30-26)20-10-12-29-13-11-20)18-33(27)22-7-4-19(5-8-22)3-1-2-14-32-15-16-36-28(32)35/h6,9,17-20,22,29H,1-5,7-8,10-16H2,(H,30,31,34). The van der Waals surface area contributed by atoms with Crippen LogP contribution in [0.5, 0.6) is 11.5 Å². The van der Waals surface area contributed by atoms with E-state index >= 15 is 0 Å². The lowest BCUT2D eigenvalue weighted by atomic mass is 9.83. The second kappa shape index (κ2) is 10.7. The van der Waals surface area contributed by atoms with Gasteiger partial charge in [0, 0.05) is 12.6 Å². The molecule has 3 fully saturated rings. The van der Waals surface area contributed by atoms with Crippen LogP contribution in [0.3, 0.4) is 0 Å². The van der Waals surface area contributed by atoms with Gasteiger partial charge in [0.05, 0.1) is 18.4 Å². The fourth-order valence-corrected chi connectivity index (χ4v) is 6.34. The number of carbonyl (C=O) groups excluding carboxylic acids is 1. The van der Waals surface area contributed by atoms with Crippen molar-refractivity contribution in [3.8, 4) is 11.5 Å². The average Bonchev–Trinajstić information content (AvgIpc) is 3.34. The van der Waals surface area contributed by atoms with E-state index in [1.807, 2.05) is 12.3 Å². The molecule has 1 aliphatic carbocycles. The van der Waals surface area contributed by atoms with Crippen LogP contribution in [0.15, 0.2) is 29.2 Å². The molecular formula is C28H37N5O4. The van der Waals surface area contributed by atoms with Crippen LogP contribution in [0.25, 0.3) is 0 Å². The fraction of sp³-hybridized carbons (Fsp3) is 0.607. The van der Waals surface area contributed by atoms with Crippen LogP contribution >= 0.6 is 0 Å². The van der Waals surface area contributed by atoms with Crippen LogP contribution in [-0.2, 0) is 4.74 Å². The Labute approximate surface area is 217 Å². The van der Waals surface area contributed by atoms with Crippen LogP contribution in [0.4, 0.5) is 16.3 Å². The molecule has 2 N–H and O–H groups in total. The predicted molar refractivity (Wildman–Crippen MR) is 141 cm³/mol. The van der Waals surface area contributed by atoms with Gasteiger partial charge >= 0.3 is 11.8 Å². The molecule has 0 radical (unpaired) electrons. The van der Waals surface area contributed by atoms with Crippen LogP contribution in [0.2, 0.25) is 0 Å². The van der Waals surface area contributed by atoms with Crippen LogP contribution in [-0.4, -0.2) is 53.3 Å². The van der Waals surface area contributed by atoms with Crippen molar-refractivity contribution in [2.24, 2.45) is 5.92 Å². The summed E-state index contributed by atoms with van der Waals surface area (Å²) in [6.07, 6.45) is 11.5. The highest BCUT2D eigenvalue weighted by Gasteiger charge is 2.27. The minimum Gasteiger partial charge on any atom is -0.450 e. The zero-order chi connectivity index (χ0) is 25.2. The van der Waals surface area contributed by atoms with Gasteiger partial charge in [0.15, 0.2) is 17.3 Å². The molecule has 0 bridgehead atoms. The average molecular weight is 508 g/mol.